The van der Waals surface area contributed by atoms with Crippen LogP contribution in [-0.2, 0) is 4.79 Å². The predicted octanol–water partition coefficient (Wildman–Crippen LogP) is 2.88. The Morgan fingerprint density at radius 2 is 2.04 bits per heavy atom. The number of likely N-dealkylation sites (tertiary alicyclic amines) is 1. The molecule has 6 nitrogen and oxygen atoms in total. The standard InChI is InChI=1S/C17H23N5O/c1-11-10-12(21-20-11)14-15(19-8-7-18-14)13-6-5-9-22(13)16(23)17(2,3)4/h7-8,10,13H,5-6,9H2,1-4H3,(H,20,21)/t13-/m1/s1. The van der Waals surface area contributed by atoms with Crippen LogP contribution in [0.2, 0.25) is 0 Å². The lowest BCUT2D eigenvalue weighted by Gasteiger charge is -2.31. The van der Waals surface area contributed by atoms with Gasteiger partial charge in [-0.3, -0.25) is 19.9 Å². The number of aromatic amines is 1. The number of amides is 1. The van der Waals surface area contributed by atoms with E-state index >= 15 is 0 Å². The molecule has 1 aliphatic heterocycles. The van der Waals surface area contributed by atoms with Crippen molar-refractivity contribution in [1.29, 1.82) is 0 Å². The van der Waals surface area contributed by atoms with Crippen LogP contribution in [0.4, 0.5) is 0 Å². The highest BCUT2D eigenvalue weighted by Crippen LogP contribution is 2.37. The molecule has 23 heavy (non-hydrogen) atoms. The second-order valence-corrected chi connectivity index (χ2v) is 7.13. The van der Waals surface area contributed by atoms with E-state index in [0.717, 1.165) is 42.2 Å². The summed E-state index contributed by atoms with van der Waals surface area (Å²) in [5, 5.41) is 7.25. The molecule has 0 spiro atoms. The van der Waals surface area contributed by atoms with Crippen molar-refractivity contribution in [2.45, 2.75) is 46.6 Å². The van der Waals surface area contributed by atoms with Crippen LogP contribution in [-0.4, -0.2) is 37.5 Å². The van der Waals surface area contributed by atoms with E-state index in [0.29, 0.717) is 0 Å². The van der Waals surface area contributed by atoms with E-state index in [4.69, 9.17) is 0 Å². The lowest BCUT2D eigenvalue weighted by Crippen LogP contribution is -2.39. The van der Waals surface area contributed by atoms with Crippen LogP contribution >= 0.6 is 0 Å². The van der Waals surface area contributed by atoms with Crippen molar-refractivity contribution in [3.05, 3.63) is 29.8 Å². The first kappa shape index (κ1) is 15.6. The largest absolute Gasteiger partial charge is 0.334 e. The van der Waals surface area contributed by atoms with Crippen molar-refractivity contribution < 1.29 is 4.79 Å². The highest BCUT2D eigenvalue weighted by atomic mass is 16.2. The average molecular weight is 313 g/mol. The zero-order valence-electron chi connectivity index (χ0n) is 14.1. The third-order valence-electron chi connectivity index (χ3n) is 4.15. The van der Waals surface area contributed by atoms with E-state index < -0.39 is 5.41 Å². The van der Waals surface area contributed by atoms with Gasteiger partial charge in [-0.15, -0.1) is 0 Å². The fraction of sp³-hybridized carbons (Fsp3) is 0.529. The van der Waals surface area contributed by atoms with Gasteiger partial charge in [-0.2, -0.15) is 5.10 Å². The third kappa shape index (κ3) is 2.98. The monoisotopic (exact) mass is 313 g/mol. The van der Waals surface area contributed by atoms with Gasteiger partial charge >= 0.3 is 0 Å². The van der Waals surface area contributed by atoms with Gasteiger partial charge in [0.2, 0.25) is 5.91 Å². The second-order valence-electron chi connectivity index (χ2n) is 7.13. The smallest absolute Gasteiger partial charge is 0.228 e. The minimum Gasteiger partial charge on any atom is -0.334 e. The maximum atomic E-state index is 12.8. The molecule has 0 bridgehead atoms. The number of carbonyl (C=O) groups excluding carboxylic acids is 1. The number of rotatable bonds is 2. The van der Waals surface area contributed by atoms with Crippen LogP contribution in [0.1, 0.15) is 51.0 Å². The van der Waals surface area contributed by atoms with Crippen molar-refractivity contribution in [3.8, 4) is 11.4 Å². The van der Waals surface area contributed by atoms with Crippen LogP contribution in [0.5, 0.6) is 0 Å². The normalized spacial score (nSPS) is 18.4. The molecular formula is C17H23N5O. The predicted molar refractivity (Wildman–Crippen MR) is 87.5 cm³/mol. The van der Waals surface area contributed by atoms with E-state index in [9.17, 15) is 4.79 Å². The van der Waals surface area contributed by atoms with Crippen molar-refractivity contribution in [3.63, 3.8) is 0 Å². The topological polar surface area (TPSA) is 74.8 Å². The number of aromatic nitrogens is 4. The Balaban J connectivity index is 2.00. The van der Waals surface area contributed by atoms with Crippen molar-refractivity contribution in [1.82, 2.24) is 25.1 Å². The van der Waals surface area contributed by atoms with Gasteiger partial charge < -0.3 is 4.90 Å². The summed E-state index contributed by atoms with van der Waals surface area (Å²) in [7, 11) is 0. The summed E-state index contributed by atoms with van der Waals surface area (Å²) in [5.41, 5.74) is 2.96. The van der Waals surface area contributed by atoms with E-state index in [1.54, 1.807) is 12.4 Å². The Morgan fingerprint density at radius 3 is 2.70 bits per heavy atom. The van der Waals surface area contributed by atoms with E-state index in [1.165, 1.54) is 0 Å². The quantitative estimate of drug-likeness (QED) is 0.925. The lowest BCUT2D eigenvalue weighted by atomic mass is 9.94. The Morgan fingerprint density at radius 1 is 1.30 bits per heavy atom. The highest BCUT2D eigenvalue weighted by molar-refractivity contribution is 5.82. The summed E-state index contributed by atoms with van der Waals surface area (Å²) in [6.45, 7) is 8.60. The van der Waals surface area contributed by atoms with Gasteiger partial charge in [-0.1, -0.05) is 20.8 Å². The molecule has 122 valence electrons. The summed E-state index contributed by atoms with van der Waals surface area (Å²) in [5.74, 6) is 0.162. The maximum absolute atomic E-state index is 12.8. The molecule has 1 atom stereocenters. The number of hydrogen-bond acceptors (Lipinski definition) is 4. The van der Waals surface area contributed by atoms with Gasteiger partial charge in [-0.05, 0) is 25.8 Å². The van der Waals surface area contributed by atoms with Gasteiger partial charge in [0.05, 0.1) is 11.7 Å². The molecule has 1 saturated heterocycles. The van der Waals surface area contributed by atoms with Crippen molar-refractivity contribution in [2.75, 3.05) is 6.54 Å². The average Bonchev–Trinajstić information content (AvgIpc) is 3.14. The summed E-state index contributed by atoms with van der Waals surface area (Å²) < 4.78 is 0. The third-order valence-corrected chi connectivity index (χ3v) is 4.15. The number of carbonyl (C=O) groups is 1. The van der Waals surface area contributed by atoms with Gasteiger partial charge in [0.25, 0.3) is 0 Å². The molecule has 1 fully saturated rings. The molecule has 1 amide bonds. The van der Waals surface area contributed by atoms with Crippen LogP contribution in [0.15, 0.2) is 18.5 Å². The SMILES string of the molecule is Cc1cc(-c2nccnc2[C@H]2CCCN2C(=O)C(C)(C)C)n[nH]1. The zero-order chi connectivity index (χ0) is 16.6. The molecule has 2 aromatic heterocycles. The minimum atomic E-state index is -0.395. The summed E-state index contributed by atoms with van der Waals surface area (Å²) in [6.07, 6.45) is 5.27. The van der Waals surface area contributed by atoms with Crippen LogP contribution in [0.25, 0.3) is 11.4 Å². The molecule has 0 unspecified atom stereocenters. The van der Waals surface area contributed by atoms with Gasteiger partial charge in [0, 0.05) is 30.0 Å². The molecule has 1 aliphatic rings. The van der Waals surface area contributed by atoms with Crippen LogP contribution < -0.4 is 0 Å². The minimum absolute atomic E-state index is 0.0255. The van der Waals surface area contributed by atoms with E-state index in [2.05, 4.69) is 20.2 Å². The summed E-state index contributed by atoms with van der Waals surface area (Å²) in [6, 6.07) is 1.93. The molecule has 0 aliphatic carbocycles. The first-order valence-electron chi connectivity index (χ1n) is 8.02. The molecule has 1 N–H and O–H groups in total. The number of nitrogens with zero attached hydrogens (tertiary/aromatic N) is 4. The Hall–Kier alpha value is -2.24. The molecule has 0 aromatic carbocycles. The van der Waals surface area contributed by atoms with E-state index in [1.807, 2.05) is 38.7 Å². The fourth-order valence-electron chi connectivity index (χ4n) is 3.05. The van der Waals surface area contributed by atoms with Gasteiger partial charge in [0.15, 0.2) is 0 Å². The van der Waals surface area contributed by atoms with Crippen LogP contribution in [0.3, 0.4) is 0 Å². The Kier molecular flexibility index (Phi) is 3.92. The lowest BCUT2D eigenvalue weighted by molar-refractivity contribution is -0.140. The number of hydrogen-bond donors (Lipinski definition) is 1. The first-order valence-corrected chi connectivity index (χ1v) is 8.02. The van der Waals surface area contributed by atoms with Crippen molar-refractivity contribution in [2.24, 2.45) is 5.41 Å². The molecule has 0 radical (unpaired) electrons. The molecular weight excluding hydrogens is 290 g/mol. The fourth-order valence-corrected chi connectivity index (χ4v) is 3.05. The van der Waals surface area contributed by atoms with Crippen LogP contribution in [0, 0.1) is 12.3 Å². The van der Waals surface area contributed by atoms with Gasteiger partial charge in [-0.25, -0.2) is 0 Å². The number of H-pyrrole nitrogens is 1. The number of aryl methyl sites for hydroxylation is 1. The molecule has 2 aromatic rings. The second kappa shape index (κ2) is 5.76. The Labute approximate surface area is 136 Å². The first-order chi connectivity index (χ1) is 10.9. The molecule has 6 heteroatoms. The maximum Gasteiger partial charge on any atom is 0.228 e. The van der Waals surface area contributed by atoms with E-state index in [-0.39, 0.29) is 11.9 Å². The summed E-state index contributed by atoms with van der Waals surface area (Å²) >= 11 is 0. The van der Waals surface area contributed by atoms with Crippen molar-refractivity contribution >= 4 is 5.91 Å². The zero-order valence-corrected chi connectivity index (χ0v) is 14.1. The Bertz CT molecular complexity index is 716. The highest BCUT2D eigenvalue weighted by Gasteiger charge is 2.37. The van der Waals surface area contributed by atoms with Gasteiger partial charge in [0.1, 0.15) is 11.4 Å². The number of nitrogens with one attached hydrogen (secondary N) is 1. The molecule has 3 heterocycles. The molecule has 3 rings (SSSR count). The summed E-state index contributed by atoms with van der Waals surface area (Å²) in [4.78, 5) is 23.7. The molecule has 0 saturated carbocycles.